The minimum atomic E-state index is -3.74. The average molecular weight is 282 g/mol. The Labute approximate surface area is 104 Å². The lowest BCUT2D eigenvalue weighted by Crippen LogP contribution is -2.33. The SMILES string of the molecule is CC(C)(C)S(=O)(=O)Nc1cc(F)cc(Cl)c1O. The van der Waals surface area contributed by atoms with Gasteiger partial charge in [-0.15, -0.1) is 0 Å². The number of aromatic hydroxyl groups is 1. The molecule has 0 aliphatic rings. The predicted octanol–water partition coefficient (Wildman–Crippen LogP) is 2.72. The summed E-state index contributed by atoms with van der Waals surface area (Å²) in [5.74, 6) is -1.24. The maximum absolute atomic E-state index is 13.0. The normalized spacial score (nSPS) is 12.5. The van der Waals surface area contributed by atoms with Crippen LogP contribution in [0.5, 0.6) is 5.75 Å². The van der Waals surface area contributed by atoms with Crippen molar-refractivity contribution in [3.63, 3.8) is 0 Å². The minimum absolute atomic E-state index is 0.253. The lowest BCUT2D eigenvalue weighted by atomic mass is 10.3. The van der Waals surface area contributed by atoms with Gasteiger partial charge in [0.2, 0.25) is 10.0 Å². The second-order valence-corrected chi connectivity index (χ2v) is 7.34. The number of anilines is 1. The van der Waals surface area contributed by atoms with Crippen LogP contribution in [-0.2, 0) is 10.0 Å². The summed E-state index contributed by atoms with van der Waals surface area (Å²) in [6, 6.07) is 1.76. The van der Waals surface area contributed by atoms with Gasteiger partial charge in [-0.25, -0.2) is 12.8 Å². The van der Waals surface area contributed by atoms with Crippen LogP contribution in [0.15, 0.2) is 12.1 Å². The first-order valence-electron chi connectivity index (χ1n) is 4.75. The summed E-state index contributed by atoms with van der Waals surface area (Å²) in [5, 5.41) is 9.27. The molecule has 0 spiro atoms. The Bertz CT molecular complexity index is 537. The van der Waals surface area contributed by atoms with Gasteiger partial charge in [0.25, 0.3) is 0 Å². The fourth-order valence-corrected chi connectivity index (χ4v) is 1.90. The van der Waals surface area contributed by atoms with E-state index in [1.165, 1.54) is 20.8 Å². The molecule has 96 valence electrons. The zero-order chi connectivity index (χ0) is 13.4. The number of hydrogen-bond donors (Lipinski definition) is 2. The molecule has 4 nitrogen and oxygen atoms in total. The number of sulfonamides is 1. The van der Waals surface area contributed by atoms with E-state index in [-0.39, 0.29) is 10.7 Å². The molecule has 0 radical (unpaired) electrons. The Hall–Kier alpha value is -1.01. The molecule has 0 amide bonds. The predicted molar refractivity (Wildman–Crippen MR) is 65.4 cm³/mol. The summed E-state index contributed by atoms with van der Waals surface area (Å²) >= 11 is 5.54. The maximum Gasteiger partial charge on any atom is 0.237 e. The standard InChI is InChI=1S/C10H13ClFNO3S/c1-10(2,3)17(15,16)13-8-5-6(12)4-7(11)9(8)14/h4-5,13-14H,1-3H3. The van der Waals surface area contributed by atoms with Crippen molar-refractivity contribution < 1.29 is 17.9 Å². The van der Waals surface area contributed by atoms with Crippen LogP contribution < -0.4 is 4.72 Å². The molecule has 1 aromatic carbocycles. The third kappa shape index (κ3) is 3.01. The van der Waals surface area contributed by atoms with Crippen molar-refractivity contribution in [2.24, 2.45) is 0 Å². The Morgan fingerprint density at radius 3 is 2.35 bits per heavy atom. The smallest absolute Gasteiger partial charge is 0.237 e. The number of benzene rings is 1. The van der Waals surface area contributed by atoms with Crippen LogP contribution in [0.4, 0.5) is 10.1 Å². The molecule has 0 fully saturated rings. The van der Waals surface area contributed by atoms with Crippen molar-refractivity contribution in [3.05, 3.63) is 23.0 Å². The number of halogens is 2. The molecular formula is C10H13ClFNO3S. The molecule has 0 aromatic heterocycles. The highest BCUT2D eigenvalue weighted by Gasteiger charge is 2.30. The topological polar surface area (TPSA) is 66.4 Å². The van der Waals surface area contributed by atoms with E-state index in [0.29, 0.717) is 0 Å². The zero-order valence-electron chi connectivity index (χ0n) is 9.58. The van der Waals surface area contributed by atoms with Gasteiger partial charge in [0, 0.05) is 6.07 Å². The molecule has 0 aliphatic heterocycles. The molecule has 0 unspecified atom stereocenters. The third-order valence-electron chi connectivity index (χ3n) is 2.08. The van der Waals surface area contributed by atoms with E-state index < -0.39 is 26.3 Å². The average Bonchev–Trinajstić information content (AvgIpc) is 2.11. The molecule has 0 heterocycles. The zero-order valence-corrected chi connectivity index (χ0v) is 11.2. The van der Waals surface area contributed by atoms with Crippen molar-refractivity contribution >= 4 is 27.3 Å². The van der Waals surface area contributed by atoms with E-state index in [0.717, 1.165) is 12.1 Å². The summed E-state index contributed by atoms with van der Waals surface area (Å²) in [5.41, 5.74) is -0.273. The number of nitrogens with one attached hydrogen (secondary N) is 1. The van der Waals surface area contributed by atoms with Crippen LogP contribution >= 0.6 is 11.6 Å². The highest BCUT2D eigenvalue weighted by atomic mass is 35.5. The fraction of sp³-hybridized carbons (Fsp3) is 0.400. The highest BCUT2D eigenvalue weighted by molar-refractivity contribution is 7.94. The lowest BCUT2D eigenvalue weighted by molar-refractivity contribution is 0.475. The van der Waals surface area contributed by atoms with E-state index in [1.807, 2.05) is 0 Å². The molecule has 0 saturated carbocycles. The van der Waals surface area contributed by atoms with E-state index in [1.54, 1.807) is 0 Å². The van der Waals surface area contributed by atoms with Gasteiger partial charge < -0.3 is 5.11 Å². The summed E-state index contributed by atoms with van der Waals surface area (Å²) in [4.78, 5) is 0. The Balaban J connectivity index is 3.22. The van der Waals surface area contributed by atoms with Crippen LogP contribution in [0.1, 0.15) is 20.8 Å². The number of phenolic OH excluding ortho intramolecular Hbond substituents is 1. The van der Waals surface area contributed by atoms with Gasteiger partial charge in [-0.05, 0) is 26.8 Å². The van der Waals surface area contributed by atoms with Crippen molar-refractivity contribution in [3.8, 4) is 5.75 Å². The van der Waals surface area contributed by atoms with Crippen LogP contribution in [0.25, 0.3) is 0 Å². The van der Waals surface area contributed by atoms with E-state index >= 15 is 0 Å². The summed E-state index contributed by atoms with van der Waals surface area (Å²) in [6.45, 7) is 4.44. The van der Waals surface area contributed by atoms with Gasteiger partial charge in [0.1, 0.15) is 5.82 Å². The molecule has 0 bridgehead atoms. The quantitative estimate of drug-likeness (QED) is 0.819. The molecule has 0 atom stereocenters. The van der Waals surface area contributed by atoms with E-state index in [2.05, 4.69) is 4.72 Å². The van der Waals surface area contributed by atoms with Crippen LogP contribution in [0, 0.1) is 5.82 Å². The van der Waals surface area contributed by atoms with E-state index in [4.69, 9.17) is 11.6 Å². The maximum atomic E-state index is 13.0. The number of hydrogen-bond acceptors (Lipinski definition) is 3. The Kier molecular flexibility index (Phi) is 3.59. The summed E-state index contributed by atoms with van der Waals surface area (Å²) in [7, 11) is -3.74. The largest absolute Gasteiger partial charge is 0.504 e. The molecule has 7 heteroatoms. The molecule has 1 rings (SSSR count). The van der Waals surface area contributed by atoms with Crippen LogP contribution in [0.3, 0.4) is 0 Å². The molecule has 0 aliphatic carbocycles. The van der Waals surface area contributed by atoms with Gasteiger partial charge in [0.05, 0.1) is 15.5 Å². The highest BCUT2D eigenvalue weighted by Crippen LogP contribution is 2.34. The van der Waals surface area contributed by atoms with Crippen molar-refractivity contribution in [1.82, 2.24) is 0 Å². The molecular weight excluding hydrogens is 269 g/mol. The van der Waals surface area contributed by atoms with Crippen LogP contribution in [-0.4, -0.2) is 18.3 Å². The first kappa shape index (κ1) is 14.1. The summed E-state index contributed by atoms with van der Waals surface area (Å²) < 4.78 is 37.7. The molecule has 1 aromatic rings. The Morgan fingerprint density at radius 1 is 1.35 bits per heavy atom. The van der Waals surface area contributed by atoms with Gasteiger partial charge >= 0.3 is 0 Å². The molecule has 17 heavy (non-hydrogen) atoms. The first-order chi connectivity index (χ1) is 7.54. The summed E-state index contributed by atoms with van der Waals surface area (Å²) in [6.07, 6.45) is 0. The third-order valence-corrected chi connectivity index (χ3v) is 4.47. The van der Waals surface area contributed by atoms with Crippen LogP contribution in [0.2, 0.25) is 5.02 Å². The first-order valence-corrected chi connectivity index (χ1v) is 6.61. The molecule has 0 saturated heterocycles. The van der Waals surface area contributed by atoms with Crippen molar-refractivity contribution in [1.29, 1.82) is 0 Å². The lowest BCUT2D eigenvalue weighted by Gasteiger charge is -2.21. The van der Waals surface area contributed by atoms with Gasteiger partial charge in [-0.2, -0.15) is 0 Å². The van der Waals surface area contributed by atoms with Crippen molar-refractivity contribution in [2.45, 2.75) is 25.5 Å². The molecule has 2 N–H and O–H groups in total. The van der Waals surface area contributed by atoms with E-state index in [9.17, 15) is 17.9 Å². The second kappa shape index (κ2) is 4.34. The fourth-order valence-electron chi connectivity index (χ4n) is 0.942. The van der Waals surface area contributed by atoms with Gasteiger partial charge in [-0.1, -0.05) is 11.6 Å². The second-order valence-electron chi connectivity index (χ2n) is 4.50. The minimum Gasteiger partial charge on any atom is -0.504 e. The number of rotatable bonds is 2. The van der Waals surface area contributed by atoms with Gasteiger partial charge in [-0.3, -0.25) is 4.72 Å². The number of phenols is 1. The van der Waals surface area contributed by atoms with Crippen molar-refractivity contribution in [2.75, 3.05) is 4.72 Å². The van der Waals surface area contributed by atoms with Gasteiger partial charge in [0.15, 0.2) is 5.75 Å². The Morgan fingerprint density at radius 2 is 1.88 bits per heavy atom. The monoisotopic (exact) mass is 281 g/mol.